The quantitative estimate of drug-likeness (QED) is 0.285. The van der Waals surface area contributed by atoms with E-state index in [2.05, 4.69) is 26.3 Å². The van der Waals surface area contributed by atoms with Crippen molar-refractivity contribution in [2.45, 2.75) is 13.2 Å². The van der Waals surface area contributed by atoms with Gasteiger partial charge in [0.1, 0.15) is 18.1 Å². The predicted molar refractivity (Wildman–Crippen MR) is 130 cm³/mol. The van der Waals surface area contributed by atoms with Gasteiger partial charge in [-0.3, -0.25) is 9.48 Å². The van der Waals surface area contributed by atoms with Crippen LogP contribution in [0.2, 0.25) is 0 Å². The molecule has 164 valence electrons. The lowest BCUT2D eigenvalue weighted by atomic mass is 10.1. The lowest BCUT2D eigenvalue weighted by Gasteiger charge is -2.07. The number of halogens is 1. The number of benzene rings is 3. The summed E-state index contributed by atoms with van der Waals surface area (Å²) in [5, 5.41) is 9.27. The topological polar surface area (TPSA) is 69.3 Å². The van der Waals surface area contributed by atoms with Crippen molar-refractivity contribution in [1.82, 2.24) is 9.78 Å². The van der Waals surface area contributed by atoms with Gasteiger partial charge >= 0.3 is 0 Å². The van der Waals surface area contributed by atoms with E-state index in [4.69, 9.17) is 9.15 Å². The molecule has 1 N–H and O–H groups in total. The number of aromatic nitrogens is 2. The van der Waals surface area contributed by atoms with Crippen molar-refractivity contribution < 1.29 is 13.9 Å². The number of fused-ring (bicyclic) bond motifs is 1. The third kappa shape index (κ3) is 4.99. The molecule has 0 aliphatic heterocycles. The van der Waals surface area contributed by atoms with Gasteiger partial charge < -0.3 is 14.5 Å². The summed E-state index contributed by atoms with van der Waals surface area (Å²) in [5.41, 5.74) is 1.71. The molecule has 0 spiro atoms. The molecule has 0 bridgehead atoms. The van der Waals surface area contributed by atoms with Crippen LogP contribution < -0.4 is 10.1 Å². The monoisotopic (exact) mass is 501 g/mol. The number of nitrogens with one attached hydrogen (secondary N) is 1. The van der Waals surface area contributed by atoms with Gasteiger partial charge in [-0.15, -0.1) is 0 Å². The van der Waals surface area contributed by atoms with Crippen LogP contribution in [0.3, 0.4) is 0 Å². The maximum absolute atomic E-state index is 12.6. The molecular weight excluding hydrogens is 482 g/mol. The average molecular weight is 502 g/mol. The van der Waals surface area contributed by atoms with Gasteiger partial charge in [0.05, 0.1) is 18.4 Å². The first-order valence-corrected chi connectivity index (χ1v) is 11.2. The highest BCUT2D eigenvalue weighted by molar-refractivity contribution is 9.10. The molecule has 0 saturated heterocycles. The third-order valence-electron chi connectivity index (χ3n) is 5.15. The molecule has 2 heterocycles. The summed E-state index contributed by atoms with van der Waals surface area (Å²) in [6.45, 7) is 0.839. The first-order chi connectivity index (χ1) is 16.1. The fraction of sp³-hybridized carbons (Fsp3) is 0.0769. The summed E-state index contributed by atoms with van der Waals surface area (Å²) in [7, 11) is 0. The van der Waals surface area contributed by atoms with Crippen molar-refractivity contribution in [2.24, 2.45) is 0 Å². The Hall–Kier alpha value is -3.84. The Bertz CT molecular complexity index is 1400. The maximum atomic E-state index is 12.6. The summed E-state index contributed by atoms with van der Waals surface area (Å²) in [6, 6.07) is 25.4. The van der Waals surface area contributed by atoms with Crippen LogP contribution >= 0.6 is 15.9 Å². The number of furan rings is 1. The van der Waals surface area contributed by atoms with Crippen molar-refractivity contribution in [3.63, 3.8) is 0 Å². The molecule has 5 aromatic rings. The smallest absolute Gasteiger partial charge is 0.291 e. The van der Waals surface area contributed by atoms with E-state index in [0.717, 1.165) is 26.6 Å². The van der Waals surface area contributed by atoms with Crippen LogP contribution in [0.15, 0.2) is 100 Å². The molecule has 0 aliphatic carbocycles. The molecule has 0 radical (unpaired) electrons. The number of rotatable bonds is 7. The minimum Gasteiger partial charge on any atom is -0.485 e. The molecule has 3 aromatic carbocycles. The Morgan fingerprint density at radius 3 is 2.70 bits per heavy atom. The molecule has 0 saturated carbocycles. The van der Waals surface area contributed by atoms with Crippen molar-refractivity contribution in [1.29, 1.82) is 0 Å². The lowest BCUT2D eigenvalue weighted by Crippen LogP contribution is -2.10. The van der Waals surface area contributed by atoms with Gasteiger partial charge in [0.2, 0.25) is 0 Å². The van der Waals surface area contributed by atoms with E-state index in [0.29, 0.717) is 18.0 Å². The molecule has 6 nitrogen and oxygen atoms in total. The van der Waals surface area contributed by atoms with E-state index in [1.807, 2.05) is 66.7 Å². The van der Waals surface area contributed by atoms with Crippen LogP contribution in [-0.4, -0.2) is 15.7 Å². The van der Waals surface area contributed by atoms with Crippen LogP contribution in [0.1, 0.15) is 21.9 Å². The Balaban J connectivity index is 1.20. The number of anilines is 1. The molecular formula is C26H20BrN3O3. The summed E-state index contributed by atoms with van der Waals surface area (Å²) in [6.07, 6.45) is 3.40. The van der Waals surface area contributed by atoms with Crippen molar-refractivity contribution in [2.75, 3.05) is 5.32 Å². The Labute approximate surface area is 198 Å². The summed E-state index contributed by atoms with van der Waals surface area (Å²) in [4.78, 5) is 12.6. The Kier molecular flexibility index (Phi) is 5.95. The lowest BCUT2D eigenvalue weighted by molar-refractivity contribution is 0.0992. The number of carbonyl (C=O) groups is 1. The zero-order valence-corrected chi connectivity index (χ0v) is 19.2. The van der Waals surface area contributed by atoms with Gasteiger partial charge in [-0.05, 0) is 41.3 Å². The second-order valence-corrected chi connectivity index (χ2v) is 8.45. The van der Waals surface area contributed by atoms with Gasteiger partial charge in [-0.1, -0.05) is 64.5 Å². The van der Waals surface area contributed by atoms with E-state index in [9.17, 15) is 4.79 Å². The largest absolute Gasteiger partial charge is 0.485 e. The Morgan fingerprint density at radius 1 is 1.00 bits per heavy atom. The minimum absolute atomic E-state index is 0.215. The first-order valence-electron chi connectivity index (χ1n) is 10.4. The molecule has 5 rings (SSSR count). The third-order valence-corrected chi connectivity index (χ3v) is 5.68. The second-order valence-electron chi connectivity index (χ2n) is 7.54. The molecule has 0 aliphatic rings. The van der Waals surface area contributed by atoms with Gasteiger partial charge in [0.15, 0.2) is 5.76 Å². The Morgan fingerprint density at radius 2 is 1.82 bits per heavy atom. The summed E-state index contributed by atoms with van der Waals surface area (Å²) >= 11 is 3.43. The van der Waals surface area contributed by atoms with Crippen LogP contribution in [0, 0.1) is 0 Å². The van der Waals surface area contributed by atoms with Gasteiger partial charge in [0.25, 0.3) is 5.91 Å². The number of hydrogen-bond donors (Lipinski definition) is 1. The molecule has 1 amide bonds. The van der Waals surface area contributed by atoms with Gasteiger partial charge in [-0.2, -0.15) is 5.10 Å². The fourth-order valence-electron chi connectivity index (χ4n) is 3.53. The van der Waals surface area contributed by atoms with E-state index in [1.165, 1.54) is 0 Å². The standard InChI is InChI=1S/C26H20BrN3O3/c27-20-10-8-18(9-11-20)15-30-16-21(14-28-30)29-26(31)25-13-12-22(33-25)17-32-24-7-3-5-19-4-1-2-6-23(19)24/h1-14,16H,15,17H2,(H,29,31). The fourth-order valence-corrected chi connectivity index (χ4v) is 3.80. The molecule has 2 aromatic heterocycles. The average Bonchev–Trinajstić information content (AvgIpc) is 3.49. The van der Waals surface area contributed by atoms with Gasteiger partial charge in [-0.25, -0.2) is 0 Å². The van der Waals surface area contributed by atoms with E-state index in [1.54, 1.807) is 29.2 Å². The van der Waals surface area contributed by atoms with Crippen LogP contribution in [0.25, 0.3) is 10.8 Å². The molecule has 33 heavy (non-hydrogen) atoms. The number of ether oxygens (including phenoxy) is 1. The zero-order valence-electron chi connectivity index (χ0n) is 17.6. The normalized spacial score (nSPS) is 10.9. The molecule has 0 atom stereocenters. The van der Waals surface area contributed by atoms with Crippen LogP contribution in [0.5, 0.6) is 5.75 Å². The number of nitrogens with zero attached hydrogens (tertiary/aromatic N) is 2. The highest BCUT2D eigenvalue weighted by Crippen LogP contribution is 2.26. The summed E-state index contributed by atoms with van der Waals surface area (Å²) < 4.78 is 14.4. The molecule has 7 heteroatoms. The van der Waals surface area contributed by atoms with Crippen molar-refractivity contribution >= 4 is 38.3 Å². The number of hydrogen-bond acceptors (Lipinski definition) is 4. The van der Waals surface area contributed by atoms with Gasteiger partial charge in [0, 0.05) is 16.1 Å². The molecule has 0 unspecified atom stereocenters. The van der Waals surface area contributed by atoms with Crippen LogP contribution in [-0.2, 0) is 13.2 Å². The highest BCUT2D eigenvalue weighted by Gasteiger charge is 2.13. The van der Waals surface area contributed by atoms with E-state index in [-0.39, 0.29) is 18.3 Å². The predicted octanol–water partition coefficient (Wildman–Crippen LogP) is 6.27. The van der Waals surface area contributed by atoms with Crippen molar-refractivity contribution in [3.05, 3.63) is 113 Å². The maximum Gasteiger partial charge on any atom is 0.291 e. The zero-order chi connectivity index (χ0) is 22.6. The number of carbonyl (C=O) groups excluding carboxylic acids is 1. The second kappa shape index (κ2) is 9.34. The van der Waals surface area contributed by atoms with Crippen LogP contribution in [0.4, 0.5) is 5.69 Å². The molecule has 0 fully saturated rings. The SMILES string of the molecule is O=C(Nc1cnn(Cc2ccc(Br)cc2)c1)c1ccc(COc2cccc3ccccc23)o1. The number of amides is 1. The minimum atomic E-state index is -0.338. The van der Waals surface area contributed by atoms with E-state index >= 15 is 0 Å². The highest BCUT2D eigenvalue weighted by atomic mass is 79.9. The summed E-state index contributed by atoms with van der Waals surface area (Å²) in [5.74, 6) is 1.22. The van der Waals surface area contributed by atoms with Crippen molar-refractivity contribution in [3.8, 4) is 5.75 Å². The first kappa shape index (κ1) is 21.0. The van der Waals surface area contributed by atoms with E-state index < -0.39 is 0 Å².